The number of nitrogen functional groups attached to an aromatic ring is 1. The van der Waals surface area contributed by atoms with Crippen LogP contribution in [0.1, 0.15) is 21.5 Å². The number of carbonyl (C=O) groups is 1. The van der Waals surface area contributed by atoms with E-state index < -0.39 is 0 Å². The lowest BCUT2D eigenvalue weighted by Crippen LogP contribution is -2.25. The van der Waals surface area contributed by atoms with Crippen LogP contribution in [0.4, 0.5) is 5.69 Å². The zero-order chi connectivity index (χ0) is 13.4. The van der Waals surface area contributed by atoms with Crippen LogP contribution in [-0.2, 0) is 13.1 Å². The van der Waals surface area contributed by atoms with Crippen molar-refractivity contribution in [3.05, 3.63) is 63.6 Å². The second-order valence-electron chi connectivity index (χ2n) is 4.67. The summed E-state index contributed by atoms with van der Waals surface area (Å²) in [6, 6.07) is 13.5. The highest BCUT2D eigenvalue weighted by Crippen LogP contribution is 2.26. The van der Waals surface area contributed by atoms with E-state index >= 15 is 0 Å². The van der Waals surface area contributed by atoms with Crippen molar-refractivity contribution in [3.63, 3.8) is 0 Å². The standard InChI is InChI=1S/C15H13BrN2O/c16-13-7-10(5-6-14(13)17)15(19)18-8-11-3-1-2-4-12(11)9-18/h1-7H,8-9,17H2. The lowest BCUT2D eigenvalue weighted by Gasteiger charge is -2.15. The van der Waals surface area contributed by atoms with Gasteiger partial charge < -0.3 is 10.6 Å². The summed E-state index contributed by atoms with van der Waals surface area (Å²) in [4.78, 5) is 14.3. The van der Waals surface area contributed by atoms with Crippen LogP contribution in [0.15, 0.2) is 46.9 Å². The molecule has 1 amide bonds. The number of anilines is 1. The minimum Gasteiger partial charge on any atom is -0.398 e. The third kappa shape index (κ3) is 2.24. The van der Waals surface area contributed by atoms with Gasteiger partial charge in [-0.1, -0.05) is 24.3 Å². The first-order chi connectivity index (χ1) is 9.15. The minimum absolute atomic E-state index is 0.0388. The molecule has 0 saturated carbocycles. The largest absolute Gasteiger partial charge is 0.398 e. The summed E-state index contributed by atoms with van der Waals surface area (Å²) in [6.07, 6.45) is 0. The monoisotopic (exact) mass is 316 g/mol. The maximum atomic E-state index is 12.4. The van der Waals surface area contributed by atoms with Gasteiger partial charge in [0.1, 0.15) is 0 Å². The summed E-state index contributed by atoms with van der Waals surface area (Å²) in [5.41, 5.74) is 9.49. The van der Waals surface area contributed by atoms with Crippen LogP contribution in [0, 0.1) is 0 Å². The van der Waals surface area contributed by atoms with Crippen LogP contribution in [0.5, 0.6) is 0 Å². The Morgan fingerprint density at radius 2 is 1.74 bits per heavy atom. The number of rotatable bonds is 1. The molecule has 3 nitrogen and oxygen atoms in total. The highest BCUT2D eigenvalue weighted by atomic mass is 79.9. The first-order valence-electron chi connectivity index (χ1n) is 6.06. The molecular formula is C15H13BrN2O. The molecule has 1 aliphatic rings. The molecule has 1 heterocycles. The molecule has 0 saturated heterocycles. The molecule has 0 radical (unpaired) electrons. The first-order valence-corrected chi connectivity index (χ1v) is 6.85. The number of carbonyl (C=O) groups excluding carboxylic acids is 1. The summed E-state index contributed by atoms with van der Waals surface area (Å²) in [5, 5.41) is 0. The molecule has 2 N–H and O–H groups in total. The van der Waals surface area contributed by atoms with Gasteiger partial charge in [0.25, 0.3) is 5.91 Å². The van der Waals surface area contributed by atoms with Crippen molar-refractivity contribution in [2.24, 2.45) is 0 Å². The van der Waals surface area contributed by atoms with Crippen molar-refractivity contribution in [1.29, 1.82) is 0 Å². The van der Waals surface area contributed by atoms with Gasteiger partial charge >= 0.3 is 0 Å². The first kappa shape index (κ1) is 12.2. The summed E-state index contributed by atoms with van der Waals surface area (Å²) in [5.74, 6) is 0.0388. The Kier molecular flexibility index (Phi) is 3.03. The number of nitrogens with zero attached hydrogens (tertiary/aromatic N) is 1. The molecule has 0 unspecified atom stereocenters. The maximum absolute atomic E-state index is 12.4. The van der Waals surface area contributed by atoms with Crippen LogP contribution >= 0.6 is 15.9 Å². The lowest BCUT2D eigenvalue weighted by molar-refractivity contribution is 0.0751. The van der Waals surface area contributed by atoms with E-state index in [0.29, 0.717) is 24.3 Å². The molecule has 0 bridgehead atoms. The molecule has 0 fully saturated rings. The van der Waals surface area contributed by atoms with Gasteiger partial charge in [0, 0.05) is 28.8 Å². The zero-order valence-electron chi connectivity index (χ0n) is 10.3. The average molecular weight is 317 g/mol. The summed E-state index contributed by atoms with van der Waals surface area (Å²) < 4.78 is 0.759. The third-order valence-electron chi connectivity index (χ3n) is 3.38. The van der Waals surface area contributed by atoms with Crippen LogP contribution < -0.4 is 5.73 Å². The number of nitrogens with two attached hydrogens (primary N) is 1. The highest BCUT2D eigenvalue weighted by molar-refractivity contribution is 9.10. The highest BCUT2D eigenvalue weighted by Gasteiger charge is 2.23. The summed E-state index contributed by atoms with van der Waals surface area (Å²) >= 11 is 3.36. The molecule has 4 heteroatoms. The van der Waals surface area contributed by atoms with E-state index in [4.69, 9.17) is 5.73 Å². The Hall–Kier alpha value is -1.81. The van der Waals surface area contributed by atoms with Crippen molar-refractivity contribution in [2.45, 2.75) is 13.1 Å². The Bertz CT molecular complexity index is 629. The minimum atomic E-state index is 0.0388. The van der Waals surface area contributed by atoms with Gasteiger partial charge in [-0.15, -0.1) is 0 Å². The van der Waals surface area contributed by atoms with E-state index in [0.717, 1.165) is 4.47 Å². The molecule has 2 aromatic rings. The molecule has 0 atom stereocenters. The molecule has 2 aromatic carbocycles. The summed E-state index contributed by atoms with van der Waals surface area (Å²) in [6.45, 7) is 1.36. The fraction of sp³-hybridized carbons (Fsp3) is 0.133. The van der Waals surface area contributed by atoms with Gasteiger partial charge in [-0.05, 0) is 45.3 Å². The van der Waals surface area contributed by atoms with Crippen molar-refractivity contribution < 1.29 is 4.79 Å². The van der Waals surface area contributed by atoms with E-state index in [1.807, 2.05) is 17.0 Å². The topological polar surface area (TPSA) is 46.3 Å². The second kappa shape index (κ2) is 4.70. The van der Waals surface area contributed by atoms with Gasteiger partial charge in [0.05, 0.1) is 0 Å². The lowest BCUT2D eigenvalue weighted by atomic mass is 10.1. The quantitative estimate of drug-likeness (QED) is 0.821. The number of benzene rings is 2. The molecule has 0 aliphatic carbocycles. The number of fused-ring (bicyclic) bond motifs is 1. The molecule has 0 spiro atoms. The Morgan fingerprint density at radius 3 is 2.32 bits per heavy atom. The van der Waals surface area contributed by atoms with Crippen LogP contribution in [0.25, 0.3) is 0 Å². The fourth-order valence-electron chi connectivity index (χ4n) is 2.32. The van der Waals surface area contributed by atoms with Crippen molar-refractivity contribution in [3.8, 4) is 0 Å². The van der Waals surface area contributed by atoms with Crippen molar-refractivity contribution in [1.82, 2.24) is 4.90 Å². The second-order valence-corrected chi connectivity index (χ2v) is 5.52. The Balaban J connectivity index is 1.85. The number of halogens is 1. The zero-order valence-corrected chi connectivity index (χ0v) is 11.9. The van der Waals surface area contributed by atoms with Gasteiger partial charge in [0.2, 0.25) is 0 Å². The Labute approximate surface area is 120 Å². The van der Waals surface area contributed by atoms with Crippen molar-refractivity contribution in [2.75, 3.05) is 5.73 Å². The van der Waals surface area contributed by atoms with Crippen molar-refractivity contribution >= 4 is 27.5 Å². The van der Waals surface area contributed by atoms with Crippen LogP contribution in [-0.4, -0.2) is 10.8 Å². The smallest absolute Gasteiger partial charge is 0.254 e. The number of amides is 1. The van der Waals surface area contributed by atoms with Crippen LogP contribution in [0.3, 0.4) is 0 Å². The number of hydrogen-bond acceptors (Lipinski definition) is 2. The van der Waals surface area contributed by atoms with Gasteiger partial charge in [-0.2, -0.15) is 0 Å². The normalized spacial score (nSPS) is 13.4. The molecule has 0 aromatic heterocycles. The van der Waals surface area contributed by atoms with E-state index in [1.54, 1.807) is 18.2 Å². The van der Waals surface area contributed by atoms with E-state index in [9.17, 15) is 4.79 Å². The molecule has 19 heavy (non-hydrogen) atoms. The summed E-state index contributed by atoms with van der Waals surface area (Å²) in [7, 11) is 0. The molecule has 3 rings (SSSR count). The van der Waals surface area contributed by atoms with Crippen LogP contribution in [0.2, 0.25) is 0 Å². The predicted octanol–water partition coefficient (Wildman–Crippen LogP) is 3.19. The maximum Gasteiger partial charge on any atom is 0.254 e. The van der Waals surface area contributed by atoms with E-state index in [2.05, 4.69) is 28.1 Å². The van der Waals surface area contributed by atoms with E-state index in [1.165, 1.54) is 11.1 Å². The molecule has 1 aliphatic heterocycles. The SMILES string of the molecule is Nc1ccc(C(=O)N2Cc3ccccc3C2)cc1Br. The predicted molar refractivity (Wildman–Crippen MR) is 78.6 cm³/mol. The molecule has 96 valence electrons. The number of hydrogen-bond donors (Lipinski definition) is 1. The van der Waals surface area contributed by atoms with E-state index in [-0.39, 0.29) is 5.91 Å². The van der Waals surface area contributed by atoms with Gasteiger partial charge in [0.15, 0.2) is 0 Å². The fourth-order valence-corrected chi connectivity index (χ4v) is 2.70. The molecular weight excluding hydrogens is 304 g/mol. The van der Waals surface area contributed by atoms with Gasteiger partial charge in [-0.25, -0.2) is 0 Å². The third-order valence-corrected chi connectivity index (χ3v) is 4.06. The Morgan fingerprint density at radius 1 is 1.11 bits per heavy atom. The average Bonchev–Trinajstić information content (AvgIpc) is 2.85. The van der Waals surface area contributed by atoms with Gasteiger partial charge in [-0.3, -0.25) is 4.79 Å².